The monoisotopic (exact) mass is 276 g/mol. The predicted molar refractivity (Wildman–Crippen MR) is 79.0 cm³/mol. The van der Waals surface area contributed by atoms with Crippen molar-refractivity contribution in [2.75, 3.05) is 19.8 Å². The van der Waals surface area contributed by atoms with Crippen molar-refractivity contribution in [3.63, 3.8) is 0 Å². The van der Waals surface area contributed by atoms with E-state index in [0.29, 0.717) is 0 Å². The van der Waals surface area contributed by atoms with E-state index >= 15 is 0 Å². The first kappa shape index (κ1) is 18.1. The van der Waals surface area contributed by atoms with Gasteiger partial charge in [-0.05, 0) is 19.3 Å². The van der Waals surface area contributed by atoms with Crippen LogP contribution in [-0.2, 0) is 13.3 Å². The van der Waals surface area contributed by atoms with Gasteiger partial charge in [0, 0.05) is 19.8 Å². The minimum absolute atomic E-state index is 0.787. The molecule has 0 aliphatic heterocycles. The minimum Gasteiger partial charge on any atom is -0.376 e. The second-order valence-corrected chi connectivity index (χ2v) is 6.25. The van der Waals surface area contributed by atoms with Crippen LogP contribution in [0.15, 0.2) is 0 Å². The molecular weight excluding hydrogens is 244 g/mol. The van der Waals surface area contributed by atoms with Crippen LogP contribution in [0.2, 0.25) is 0 Å². The number of rotatable bonds is 14. The van der Waals surface area contributed by atoms with Crippen LogP contribution in [0.4, 0.5) is 0 Å². The Morgan fingerprint density at radius 3 is 1.33 bits per heavy atom. The molecule has 0 unspecified atom stereocenters. The standard InChI is InChI=1S/C14H32O3Si/c1-4-7-10-13-16-18(15-12-9-6-3)17-14-11-8-5-2/h18H,4-14H2,1-3H3. The molecule has 0 radical (unpaired) electrons. The SMILES string of the molecule is CCCCCO[SiH](OCCCC)OCCCCC. The summed E-state index contributed by atoms with van der Waals surface area (Å²) < 4.78 is 17.3. The lowest BCUT2D eigenvalue weighted by molar-refractivity contribution is 0.0892. The summed E-state index contributed by atoms with van der Waals surface area (Å²) in [6.45, 7) is 8.95. The van der Waals surface area contributed by atoms with Crippen molar-refractivity contribution in [1.82, 2.24) is 0 Å². The van der Waals surface area contributed by atoms with E-state index in [1.807, 2.05) is 0 Å². The molecule has 4 heteroatoms. The maximum Gasteiger partial charge on any atom is 0.484 e. The molecular formula is C14H32O3Si. The quantitative estimate of drug-likeness (QED) is 0.355. The zero-order valence-corrected chi connectivity index (χ0v) is 13.7. The van der Waals surface area contributed by atoms with E-state index < -0.39 is 9.53 Å². The van der Waals surface area contributed by atoms with Gasteiger partial charge in [-0.1, -0.05) is 52.9 Å². The van der Waals surface area contributed by atoms with Gasteiger partial charge in [0.15, 0.2) is 0 Å². The molecule has 0 aromatic rings. The van der Waals surface area contributed by atoms with Crippen molar-refractivity contribution in [2.24, 2.45) is 0 Å². The van der Waals surface area contributed by atoms with Crippen LogP contribution in [0.1, 0.15) is 72.1 Å². The summed E-state index contributed by atoms with van der Waals surface area (Å²) in [5.74, 6) is 0. The molecule has 18 heavy (non-hydrogen) atoms. The number of hydrogen-bond acceptors (Lipinski definition) is 3. The molecule has 0 saturated carbocycles. The van der Waals surface area contributed by atoms with Gasteiger partial charge in [0.1, 0.15) is 0 Å². The molecule has 0 rings (SSSR count). The Bertz CT molecular complexity index is 144. The maximum atomic E-state index is 5.77. The Labute approximate surface area is 115 Å². The van der Waals surface area contributed by atoms with Gasteiger partial charge >= 0.3 is 9.53 Å². The third-order valence-corrected chi connectivity index (χ3v) is 4.28. The molecule has 0 N–H and O–H groups in total. The van der Waals surface area contributed by atoms with Gasteiger partial charge in [-0.25, -0.2) is 0 Å². The highest BCUT2D eigenvalue weighted by Gasteiger charge is 2.14. The normalized spacial score (nSPS) is 11.3. The van der Waals surface area contributed by atoms with Crippen molar-refractivity contribution in [3.05, 3.63) is 0 Å². The van der Waals surface area contributed by atoms with Crippen molar-refractivity contribution in [2.45, 2.75) is 72.1 Å². The number of hydrogen-bond donors (Lipinski definition) is 0. The van der Waals surface area contributed by atoms with Gasteiger partial charge in [0.25, 0.3) is 0 Å². The Morgan fingerprint density at radius 1 is 0.556 bits per heavy atom. The second-order valence-electron chi connectivity index (χ2n) is 4.67. The van der Waals surface area contributed by atoms with Crippen LogP contribution in [0.5, 0.6) is 0 Å². The lowest BCUT2D eigenvalue weighted by Gasteiger charge is -2.16. The van der Waals surface area contributed by atoms with E-state index in [4.69, 9.17) is 13.3 Å². The fourth-order valence-electron chi connectivity index (χ4n) is 1.53. The van der Waals surface area contributed by atoms with E-state index in [2.05, 4.69) is 20.8 Å². The maximum absolute atomic E-state index is 5.77. The van der Waals surface area contributed by atoms with E-state index in [-0.39, 0.29) is 0 Å². The van der Waals surface area contributed by atoms with Crippen molar-refractivity contribution in [1.29, 1.82) is 0 Å². The van der Waals surface area contributed by atoms with E-state index in [1.165, 1.54) is 25.7 Å². The lowest BCUT2D eigenvalue weighted by atomic mass is 10.3. The van der Waals surface area contributed by atoms with Gasteiger partial charge in [-0.3, -0.25) is 0 Å². The summed E-state index contributed by atoms with van der Waals surface area (Å²) in [5, 5.41) is 0. The van der Waals surface area contributed by atoms with E-state index in [0.717, 1.165) is 45.5 Å². The molecule has 3 nitrogen and oxygen atoms in total. The average molecular weight is 276 g/mol. The first-order valence-electron chi connectivity index (χ1n) is 7.69. The van der Waals surface area contributed by atoms with Crippen LogP contribution in [0.3, 0.4) is 0 Å². The molecule has 0 atom stereocenters. The summed E-state index contributed by atoms with van der Waals surface area (Å²) in [7, 11) is -1.85. The largest absolute Gasteiger partial charge is 0.484 e. The summed E-state index contributed by atoms with van der Waals surface area (Å²) in [6, 6.07) is 0. The molecule has 0 bridgehead atoms. The number of unbranched alkanes of at least 4 members (excludes halogenated alkanes) is 5. The van der Waals surface area contributed by atoms with Crippen LogP contribution in [0.25, 0.3) is 0 Å². The predicted octanol–water partition coefficient (Wildman–Crippen LogP) is 3.93. The fraction of sp³-hybridized carbons (Fsp3) is 1.00. The Morgan fingerprint density at radius 2 is 0.944 bits per heavy atom. The highest BCUT2D eigenvalue weighted by Crippen LogP contribution is 2.02. The minimum atomic E-state index is -1.85. The zero-order valence-electron chi connectivity index (χ0n) is 12.6. The molecule has 0 aromatic heterocycles. The van der Waals surface area contributed by atoms with Crippen LogP contribution in [-0.4, -0.2) is 29.3 Å². The van der Waals surface area contributed by atoms with Crippen LogP contribution in [0, 0.1) is 0 Å². The van der Waals surface area contributed by atoms with Gasteiger partial charge in [-0.2, -0.15) is 0 Å². The summed E-state index contributed by atoms with van der Waals surface area (Å²) in [4.78, 5) is 0. The third kappa shape index (κ3) is 12.6. The topological polar surface area (TPSA) is 27.7 Å². The van der Waals surface area contributed by atoms with Crippen molar-refractivity contribution < 1.29 is 13.3 Å². The molecule has 0 aliphatic carbocycles. The van der Waals surface area contributed by atoms with Crippen LogP contribution >= 0.6 is 0 Å². The highest BCUT2D eigenvalue weighted by atomic mass is 28.3. The Kier molecular flexibility index (Phi) is 15.2. The first-order valence-corrected chi connectivity index (χ1v) is 9.11. The zero-order chi connectivity index (χ0) is 13.5. The summed E-state index contributed by atoms with van der Waals surface area (Å²) in [6.07, 6.45) is 9.41. The molecule has 0 fully saturated rings. The molecule has 0 saturated heterocycles. The summed E-state index contributed by atoms with van der Waals surface area (Å²) in [5.41, 5.74) is 0. The fourth-order valence-corrected chi connectivity index (χ4v) is 2.90. The van der Waals surface area contributed by atoms with Gasteiger partial charge in [0.2, 0.25) is 0 Å². The van der Waals surface area contributed by atoms with Gasteiger partial charge in [-0.15, -0.1) is 0 Å². The Balaban J connectivity index is 3.62. The molecule has 0 aliphatic rings. The first-order chi connectivity index (χ1) is 8.85. The van der Waals surface area contributed by atoms with Crippen molar-refractivity contribution >= 4 is 9.53 Å². The molecule has 0 heterocycles. The van der Waals surface area contributed by atoms with Crippen molar-refractivity contribution in [3.8, 4) is 0 Å². The molecule has 110 valence electrons. The highest BCUT2D eigenvalue weighted by molar-refractivity contribution is 6.36. The molecule has 0 aromatic carbocycles. The second kappa shape index (κ2) is 15.2. The van der Waals surface area contributed by atoms with E-state index in [1.54, 1.807) is 0 Å². The molecule has 0 spiro atoms. The van der Waals surface area contributed by atoms with Gasteiger partial charge < -0.3 is 13.3 Å². The van der Waals surface area contributed by atoms with E-state index in [9.17, 15) is 0 Å². The smallest absolute Gasteiger partial charge is 0.376 e. The Hall–Kier alpha value is 0.0969. The van der Waals surface area contributed by atoms with Gasteiger partial charge in [0.05, 0.1) is 0 Å². The molecule has 0 amide bonds. The lowest BCUT2D eigenvalue weighted by Crippen LogP contribution is -2.28. The summed E-state index contributed by atoms with van der Waals surface area (Å²) >= 11 is 0. The van der Waals surface area contributed by atoms with Crippen LogP contribution < -0.4 is 0 Å². The third-order valence-electron chi connectivity index (χ3n) is 2.76. The average Bonchev–Trinajstić information content (AvgIpc) is 2.39.